The summed E-state index contributed by atoms with van der Waals surface area (Å²) in [5.74, 6) is 1.88. The molecule has 1 amide bonds. The molecule has 5 unspecified atom stereocenters. The van der Waals surface area contributed by atoms with Crippen LogP contribution in [0.25, 0.3) is 0 Å². The van der Waals surface area contributed by atoms with Crippen molar-refractivity contribution in [1.82, 2.24) is 10.2 Å². The maximum Gasteiger partial charge on any atom is 0.244 e. The molecule has 0 aromatic rings. The Hall–Kier alpha value is -0.570. The Balaban J connectivity index is 2.16. The molecule has 2 rings (SSSR count). The lowest BCUT2D eigenvalue weighted by molar-refractivity contribution is -0.136. The van der Waals surface area contributed by atoms with Crippen LogP contribution in [0.2, 0.25) is 0 Å². The van der Waals surface area contributed by atoms with Gasteiger partial charge in [-0.3, -0.25) is 10.1 Å². The van der Waals surface area contributed by atoms with E-state index in [0.29, 0.717) is 11.9 Å². The molecule has 20 heavy (non-hydrogen) atoms. The molecule has 2 fully saturated rings. The molecule has 0 spiro atoms. The monoisotopic (exact) mass is 280 g/mol. The Bertz CT molecular complexity index is 357. The van der Waals surface area contributed by atoms with Gasteiger partial charge in [-0.05, 0) is 50.9 Å². The largest absolute Gasteiger partial charge is 0.323 e. The van der Waals surface area contributed by atoms with Gasteiger partial charge in [0.2, 0.25) is 5.91 Å². The Morgan fingerprint density at radius 2 is 1.95 bits per heavy atom. The highest BCUT2D eigenvalue weighted by Gasteiger charge is 2.49. The molecular weight excluding hydrogens is 248 g/mol. The average Bonchev–Trinajstić information content (AvgIpc) is 2.66. The number of rotatable bonds is 4. The normalized spacial score (nSPS) is 42.2. The minimum Gasteiger partial charge on any atom is -0.323 e. The molecule has 2 aliphatic rings. The van der Waals surface area contributed by atoms with E-state index in [1.54, 1.807) is 0 Å². The van der Waals surface area contributed by atoms with Crippen LogP contribution in [0, 0.1) is 11.8 Å². The smallest absolute Gasteiger partial charge is 0.244 e. The van der Waals surface area contributed by atoms with E-state index in [4.69, 9.17) is 0 Å². The molecule has 3 nitrogen and oxygen atoms in total. The van der Waals surface area contributed by atoms with Crippen LogP contribution in [-0.2, 0) is 4.79 Å². The van der Waals surface area contributed by atoms with Gasteiger partial charge in [-0.25, -0.2) is 0 Å². The van der Waals surface area contributed by atoms with Gasteiger partial charge >= 0.3 is 0 Å². The number of amides is 1. The maximum absolute atomic E-state index is 12.9. The first-order chi connectivity index (χ1) is 9.42. The van der Waals surface area contributed by atoms with Crippen LogP contribution in [0.3, 0.4) is 0 Å². The van der Waals surface area contributed by atoms with Gasteiger partial charge in [0.1, 0.15) is 0 Å². The molecule has 1 saturated carbocycles. The summed E-state index contributed by atoms with van der Waals surface area (Å²) in [6, 6.07) is 0.450. The van der Waals surface area contributed by atoms with Crippen molar-refractivity contribution < 1.29 is 4.79 Å². The summed E-state index contributed by atoms with van der Waals surface area (Å²) in [5.41, 5.74) is -0.341. The van der Waals surface area contributed by atoms with Gasteiger partial charge < -0.3 is 4.90 Å². The molecule has 0 aromatic heterocycles. The molecule has 1 saturated heterocycles. The van der Waals surface area contributed by atoms with Crippen molar-refractivity contribution in [2.75, 3.05) is 0 Å². The van der Waals surface area contributed by atoms with Crippen LogP contribution in [0.15, 0.2) is 0 Å². The Morgan fingerprint density at radius 3 is 2.50 bits per heavy atom. The fourth-order valence-corrected chi connectivity index (χ4v) is 3.86. The topological polar surface area (TPSA) is 32.3 Å². The van der Waals surface area contributed by atoms with E-state index in [-0.39, 0.29) is 11.7 Å². The van der Waals surface area contributed by atoms with Gasteiger partial charge in [-0.15, -0.1) is 0 Å². The van der Waals surface area contributed by atoms with Crippen LogP contribution in [0.5, 0.6) is 0 Å². The lowest BCUT2D eigenvalue weighted by Crippen LogP contribution is -2.47. The van der Waals surface area contributed by atoms with Crippen molar-refractivity contribution in [3.8, 4) is 0 Å². The Labute approximate surface area is 124 Å². The van der Waals surface area contributed by atoms with Gasteiger partial charge in [-0.2, -0.15) is 0 Å². The van der Waals surface area contributed by atoms with E-state index < -0.39 is 0 Å². The van der Waals surface area contributed by atoms with Gasteiger partial charge in [0.15, 0.2) is 0 Å². The second kappa shape index (κ2) is 6.05. The van der Waals surface area contributed by atoms with Gasteiger partial charge in [0.25, 0.3) is 0 Å². The zero-order chi connectivity index (χ0) is 14.9. The molecule has 0 radical (unpaired) electrons. The van der Waals surface area contributed by atoms with Crippen LogP contribution in [0.1, 0.15) is 73.1 Å². The summed E-state index contributed by atoms with van der Waals surface area (Å²) in [5, 5.41) is 3.62. The summed E-state index contributed by atoms with van der Waals surface area (Å²) < 4.78 is 0. The zero-order valence-corrected chi connectivity index (χ0v) is 13.9. The Morgan fingerprint density at radius 1 is 1.25 bits per heavy atom. The van der Waals surface area contributed by atoms with Crippen molar-refractivity contribution in [3.63, 3.8) is 0 Å². The second-order valence-corrected chi connectivity index (χ2v) is 7.27. The van der Waals surface area contributed by atoms with E-state index in [9.17, 15) is 4.79 Å². The van der Waals surface area contributed by atoms with Crippen LogP contribution in [0.4, 0.5) is 0 Å². The average molecular weight is 280 g/mol. The molecule has 1 heterocycles. The first kappa shape index (κ1) is 15.8. The van der Waals surface area contributed by atoms with Gasteiger partial charge in [0.05, 0.1) is 11.7 Å². The Kier molecular flexibility index (Phi) is 4.78. The third kappa shape index (κ3) is 2.74. The van der Waals surface area contributed by atoms with Crippen LogP contribution in [-0.4, -0.2) is 28.6 Å². The highest BCUT2D eigenvalue weighted by molar-refractivity contribution is 5.88. The molecule has 3 heteroatoms. The minimum absolute atomic E-state index is 0.253. The van der Waals surface area contributed by atoms with Crippen molar-refractivity contribution in [3.05, 3.63) is 0 Å². The minimum atomic E-state index is -0.341. The molecule has 1 aliphatic heterocycles. The lowest BCUT2D eigenvalue weighted by atomic mass is 9.78. The summed E-state index contributed by atoms with van der Waals surface area (Å²) in [6.07, 6.45) is 6.94. The van der Waals surface area contributed by atoms with E-state index in [2.05, 4.69) is 44.8 Å². The number of carbonyl (C=O) groups excluding carboxylic acids is 1. The standard InChI is InChI=1S/C17H32N2O/c1-6-8-15-18-17(5,7-2)16(20)19(15)14-10-9-12(3)13(4)11-14/h12-15,18H,6-11H2,1-5H3. The number of nitrogens with zero attached hydrogens (tertiary/aromatic N) is 1. The van der Waals surface area contributed by atoms with E-state index in [1.165, 1.54) is 19.3 Å². The van der Waals surface area contributed by atoms with E-state index >= 15 is 0 Å². The molecular formula is C17H32N2O. The number of carbonyl (C=O) groups is 1. The van der Waals surface area contributed by atoms with Crippen LogP contribution < -0.4 is 5.32 Å². The van der Waals surface area contributed by atoms with E-state index in [1.807, 2.05) is 0 Å². The van der Waals surface area contributed by atoms with E-state index in [0.717, 1.165) is 31.1 Å². The van der Waals surface area contributed by atoms with Crippen molar-refractivity contribution in [2.24, 2.45) is 11.8 Å². The molecule has 5 atom stereocenters. The SMILES string of the molecule is CCCC1NC(C)(CC)C(=O)N1C1CCC(C)C(C)C1. The number of hydrogen-bond donors (Lipinski definition) is 1. The number of nitrogens with one attached hydrogen (secondary N) is 1. The third-order valence-electron chi connectivity index (χ3n) is 5.76. The first-order valence-corrected chi connectivity index (χ1v) is 8.53. The zero-order valence-electron chi connectivity index (χ0n) is 13.9. The molecule has 0 aromatic carbocycles. The van der Waals surface area contributed by atoms with Crippen molar-refractivity contribution in [1.29, 1.82) is 0 Å². The fourth-order valence-electron chi connectivity index (χ4n) is 3.86. The highest BCUT2D eigenvalue weighted by Crippen LogP contribution is 2.37. The van der Waals surface area contributed by atoms with Gasteiger partial charge in [-0.1, -0.05) is 34.1 Å². The lowest BCUT2D eigenvalue weighted by Gasteiger charge is -2.40. The maximum atomic E-state index is 12.9. The summed E-state index contributed by atoms with van der Waals surface area (Å²) in [4.78, 5) is 15.1. The molecule has 1 N–H and O–H groups in total. The van der Waals surface area contributed by atoms with Crippen LogP contribution >= 0.6 is 0 Å². The summed E-state index contributed by atoms with van der Waals surface area (Å²) >= 11 is 0. The molecule has 0 bridgehead atoms. The predicted molar refractivity (Wildman–Crippen MR) is 83.3 cm³/mol. The molecule has 1 aliphatic carbocycles. The third-order valence-corrected chi connectivity index (χ3v) is 5.76. The summed E-state index contributed by atoms with van der Waals surface area (Å²) in [7, 11) is 0. The second-order valence-electron chi connectivity index (χ2n) is 7.27. The fraction of sp³-hybridized carbons (Fsp3) is 0.941. The molecule has 116 valence electrons. The van der Waals surface area contributed by atoms with Gasteiger partial charge in [0, 0.05) is 6.04 Å². The van der Waals surface area contributed by atoms with Crippen molar-refractivity contribution >= 4 is 5.91 Å². The quantitative estimate of drug-likeness (QED) is 0.854. The number of hydrogen-bond acceptors (Lipinski definition) is 2. The van der Waals surface area contributed by atoms with Crippen molar-refractivity contribution in [2.45, 2.75) is 90.9 Å². The highest BCUT2D eigenvalue weighted by atomic mass is 16.2. The summed E-state index contributed by atoms with van der Waals surface area (Å²) in [6.45, 7) is 11.1. The first-order valence-electron chi connectivity index (χ1n) is 8.53. The predicted octanol–water partition coefficient (Wildman–Crippen LogP) is 3.54.